The third-order valence-electron chi connectivity index (χ3n) is 5.03. The molecule has 0 fully saturated rings. The summed E-state index contributed by atoms with van der Waals surface area (Å²) in [7, 11) is 0. The van der Waals surface area contributed by atoms with Gasteiger partial charge in [-0.1, -0.05) is 34.1 Å². The average Bonchev–Trinajstić information content (AvgIpc) is 2.80. The van der Waals surface area contributed by atoms with E-state index >= 15 is 0 Å². The lowest BCUT2D eigenvalue weighted by molar-refractivity contribution is -0.112. The van der Waals surface area contributed by atoms with Gasteiger partial charge in [0.25, 0.3) is 5.91 Å². The summed E-state index contributed by atoms with van der Waals surface area (Å²) >= 11 is 3.45. The Labute approximate surface area is 202 Å². The molecular formula is C27H25BrN2O3. The molecule has 0 bridgehead atoms. The Morgan fingerprint density at radius 2 is 1.79 bits per heavy atom. The Morgan fingerprint density at radius 3 is 2.45 bits per heavy atom. The fourth-order valence-corrected chi connectivity index (χ4v) is 3.50. The molecule has 168 valence electrons. The maximum Gasteiger partial charge on any atom is 0.266 e. The first kappa shape index (κ1) is 24.1. The van der Waals surface area contributed by atoms with Gasteiger partial charge in [0.05, 0.1) is 6.61 Å². The second-order valence-electron chi connectivity index (χ2n) is 7.47. The molecule has 1 amide bonds. The number of carbonyl (C=O) groups is 1. The molecule has 0 saturated heterocycles. The summed E-state index contributed by atoms with van der Waals surface area (Å²) in [5.74, 6) is 0.797. The summed E-state index contributed by atoms with van der Waals surface area (Å²) in [4.78, 5) is 12.7. The second-order valence-corrected chi connectivity index (χ2v) is 8.39. The first-order valence-electron chi connectivity index (χ1n) is 10.5. The molecule has 0 aliphatic heterocycles. The van der Waals surface area contributed by atoms with Crippen LogP contribution in [0, 0.1) is 25.2 Å². The molecule has 0 aliphatic carbocycles. The highest BCUT2D eigenvalue weighted by molar-refractivity contribution is 9.10. The molecule has 5 nitrogen and oxygen atoms in total. The molecule has 6 heteroatoms. The number of nitrogens with one attached hydrogen (secondary N) is 1. The number of ether oxygens (including phenoxy) is 2. The van der Waals surface area contributed by atoms with Gasteiger partial charge in [-0.3, -0.25) is 4.79 Å². The van der Waals surface area contributed by atoms with Crippen molar-refractivity contribution in [3.8, 4) is 17.6 Å². The molecule has 0 aliphatic rings. The Kier molecular flexibility index (Phi) is 8.28. The minimum absolute atomic E-state index is 0.0296. The Balaban J connectivity index is 1.79. The Bertz CT molecular complexity index is 1210. The molecule has 0 saturated carbocycles. The molecule has 0 heterocycles. The topological polar surface area (TPSA) is 71.3 Å². The molecule has 33 heavy (non-hydrogen) atoms. The minimum Gasteiger partial charge on any atom is -0.494 e. The molecule has 0 spiro atoms. The number of hydrogen-bond acceptors (Lipinski definition) is 4. The lowest BCUT2D eigenvalue weighted by Gasteiger charge is -2.12. The van der Waals surface area contributed by atoms with Crippen LogP contribution in [0.2, 0.25) is 0 Å². The van der Waals surface area contributed by atoms with Crippen LogP contribution < -0.4 is 14.8 Å². The second kappa shape index (κ2) is 11.3. The molecule has 3 rings (SSSR count). The molecule has 0 atom stereocenters. The number of anilines is 1. The molecule has 3 aromatic carbocycles. The Morgan fingerprint density at radius 1 is 1.03 bits per heavy atom. The van der Waals surface area contributed by atoms with E-state index in [1.807, 2.05) is 37.3 Å². The van der Waals surface area contributed by atoms with Crippen LogP contribution in [0.4, 0.5) is 5.69 Å². The van der Waals surface area contributed by atoms with Crippen LogP contribution >= 0.6 is 15.9 Å². The SMILES string of the molecule is CCOc1ccc(NC(=O)/C(C#N)=C/c2cc(Br)ccc2OCc2ccc(C)c(C)c2)cc1. The number of carbonyl (C=O) groups excluding carboxylic acids is 1. The zero-order valence-electron chi connectivity index (χ0n) is 18.8. The summed E-state index contributed by atoms with van der Waals surface area (Å²) in [5, 5.41) is 12.4. The van der Waals surface area contributed by atoms with Crippen LogP contribution in [0.5, 0.6) is 11.5 Å². The first-order chi connectivity index (χ1) is 15.9. The number of nitrogens with zero attached hydrogens (tertiary/aromatic N) is 1. The summed E-state index contributed by atoms with van der Waals surface area (Å²) in [6, 6.07) is 20.7. The predicted molar refractivity (Wildman–Crippen MR) is 134 cm³/mol. The van der Waals surface area contributed by atoms with Crippen LogP contribution in [0.1, 0.15) is 29.2 Å². The van der Waals surface area contributed by atoms with Crippen molar-refractivity contribution in [2.24, 2.45) is 0 Å². The fourth-order valence-electron chi connectivity index (χ4n) is 3.12. The van der Waals surface area contributed by atoms with E-state index < -0.39 is 5.91 Å². The zero-order chi connectivity index (χ0) is 23.8. The largest absolute Gasteiger partial charge is 0.494 e. The zero-order valence-corrected chi connectivity index (χ0v) is 20.4. The van der Waals surface area contributed by atoms with Crippen molar-refractivity contribution in [2.45, 2.75) is 27.4 Å². The van der Waals surface area contributed by atoms with Crippen LogP contribution in [0.25, 0.3) is 6.08 Å². The number of rotatable bonds is 8. The summed E-state index contributed by atoms with van der Waals surface area (Å²) in [5.41, 5.74) is 4.65. The van der Waals surface area contributed by atoms with Gasteiger partial charge in [0, 0.05) is 15.7 Å². The summed E-state index contributed by atoms with van der Waals surface area (Å²) < 4.78 is 12.3. The van der Waals surface area contributed by atoms with E-state index in [4.69, 9.17) is 9.47 Å². The monoisotopic (exact) mass is 504 g/mol. The minimum atomic E-state index is -0.498. The first-order valence-corrected chi connectivity index (χ1v) is 11.3. The number of benzene rings is 3. The third-order valence-corrected chi connectivity index (χ3v) is 5.52. The summed E-state index contributed by atoms with van der Waals surface area (Å²) in [6.07, 6.45) is 1.53. The quantitative estimate of drug-likeness (QED) is 0.277. The lowest BCUT2D eigenvalue weighted by atomic mass is 10.1. The van der Waals surface area contributed by atoms with E-state index in [9.17, 15) is 10.1 Å². The standard InChI is InChI=1S/C27H25BrN2O3/c1-4-32-25-10-8-24(9-11-25)30-27(31)22(16-29)14-21-15-23(28)7-12-26(21)33-17-20-6-5-18(2)19(3)13-20/h5-15H,4,17H2,1-3H3,(H,30,31)/b22-14+. The van der Waals surface area contributed by atoms with Crippen molar-refractivity contribution in [1.82, 2.24) is 0 Å². The van der Waals surface area contributed by atoms with Crippen LogP contribution in [-0.2, 0) is 11.4 Å². The van der Waals surface area contributed by atoms with Crippen molar-refractivity contribution < 1.29 is 14.3 Å². The van der Waals surface area contributed by atoms with Gasteiger partial charge in [-0.15, -0.1) is 0 Å². The van der Waals surface area contributed by atoms with E-state index in [1.165, 1.54) is 17.2 Å². The molecule has 0 unspecified atom stereocenters. The third kappa shape index (κ3) is 6.71. The van der Waals surface area contributed by atoms with E-state index in [0.29, 0.717) is 36.0 Å². The number of halogens is 1. The molecule has 0 radical (unpaired) electrons. The normalized spacial score (nSPS) is 10.9. The van der Waals surface area contributed by atoms with Gasteiger partial charge in [-0.05, 0) is 86.0 Å². The van der Waals surface area contributed by atoms with Crippen molar-refractivity contribution in [3.63, 3.8) is 0 Å². The van der Waals surface area contributed by atoms with Gasteiger partial charge >= 0.3 is 0 Å². The van der Waals surface area contributed by atoms with Crippen LogP contribution in [-0.4, -0.2) is 12.5 Å². The van der Waals surface area contributed by atoms with Crippen molar-refractivity contribution >= 4 is 33.6 Å². The number of aryl methyl sites for hydroxylation is 2. The maximum atomic E-state index is 12.7. The highest BCUT2D eigenvalue weighted by Gasteiger charge is 2.12. The number of hydrogen-bond donors (Lipinski definition) is 1. The van der Waals surface area contributed by atoms with Crippen LogP contribution in [0.3, 0.4) is 0 Å². The van der Waals surface area contributed by atoms with Gasteiger partial charge < -0.3 is 14.8 Å². The van der Waals surface area contributed by atoms with Gasteiger partial charge in [0.2, 0.25) is 0 Å². The van der Waals surface area contributed by atoms with Crippen molar-refractivity contribution in [2.75, 3.05) is 11.9 Å². The average molecular weight is 505 g/mol. The number of amides is 1. The highest BCUT2D eigenvalue weighted by atomic mass is 79.9. The maximum absolute atomic E-state index is 12.7. The predicted octanol–water partition coefficient (Wildman–Crippen LogP) is 6.59. The molecular weight excluding hydrogens is 480 g/mol. The molecule has 0 aromatic heterocycles. The van der Waals surface area contributed by atoms with Gasteiger partial charge in [0.15, 0.2) is 0 Å². The van der Waals surface area contributed by atoms with Gasteiger partial charge in [0.1, 0.15) is 29.7 Å². The summed E-state index contributed by atoms with van der Waals surface area (Å²) in [6.45, 7) is 6.98. The van der Waals surface area contributed by atoms with E-state index in [-0.39, 0.29) is 5.57 Å². The molecule has 3 aromatic rings. The van der Waals surface area contributed by atoms with Gasteiger partial charge in [-0.25, -0.2) is 0 Å². The van der Waals surface area contributed by atoms with Gasteiger partial charge in [-0.2, -0.15) is 5.26 Å². The Hall–Kier alpha value is -3.56. The smallest absolute Gasteiger partial charge is 0.266 e. The van der Waals surface area contributed by atoms with Crippen LogP contribution in [0.15, 0.2) is 70.7 Å². The van der Waals surface area contributed by atoms with E-state index in [2.05, 4.69) is 47.2 Å². The lowest BCUT2D eigenvalue weighted by Crippen LogP contribution is -2.13. The van der Waals surface area contributed by atoms with Crippen molar-refractivity contribution in [3.05, 3.63) is 93.0 Å². The number of nitriles is 1. The van der Waals surface area contributed by atoms with E-state index in [0.717, 1.165) is 10.0 Å². The highest BCUT2D eigenvalue weighted by Crippen LogP contribution is 2.27. The fraction of sp³-hybridized carbons (Fsp3) is 0.185. The van der Waals surface area contributed by atoms with Crippen molar-refractivity contribution in [1.29, 1.82) is 5.26 Å². The molecule has 1 N–H and O–H groups in total. The van der Waals surface area contributed by atoms with E-state index in [1.54, 1.807) is 24.3 Å².